The zero-order chi connectivity index (χ0) is 24.4. The quantitative estimate of drug-likeness (QED) is 0.405. The van der Waals surface area contributed by atoms with Gasteiger partial charge in [0.25, 0.3) is 0 Å². The van der Waals surface area contributed by atoms with Crippen LogP contribution < -0.4 is 20.4 Å². The number of aromatic nitrogens is 5. The number of aliphatic hydroxyl groups is 1. The Morgan fingerprint density at radius 2 is 2.00 bits per heavy atom. The van der Waals surface area contributed by atoms with Crippen LogP contribution in [0.15, 0.2) is 24.4 Å². The molecule has 12 heteroatoms. The second-order valence-electron chi connectivity index (χ2n) is 8.86. The number of piperidine rings is 1. The van der Waals surface area contributed by atoms with Crippen molar-refractivity contribution in [3.63, 3.8) is 0 Å². The van der Waals surface area contributed by atoms with Gasteiger partial charge in [-0.15, -0.1) is 10.2 Å². The van der Waals surface area contributed by atoms with E-state index in [1.165, 1.54) is 0 Å². The van der Waals surface area contributed by atoms with Crippen LogP contribution in [0.1, 0.15) is 38.0 Å². The molecule has 0 bridgehead atoms. The highest BCUT2D eigenvalue weighted by Gasteiger charge is 2.31. The predicted molar refractivity (Wildman–Crippen MR) is 131 cm³/mol. The van der Waals surface area contributed by atoms with Gasteiger partial charge in [0.1, 0.15) is 11.6 Å². The van der Waals surface area contributed by atoms with E-state index in [-0.39, 0.29) is 0 Å². The molecule has 12 nitrogen and oxygen atoms in total. The molecule has 5 heterocycles. The number of aliphatic hydroxyl groups excluding tert-OH is 1. The third-order valence-electron chi connectivity index (χ3n) is 6.39. The number of aliphatic carboxylic acids is 1. The molecular formula is C23H29N9O3. The van der Waals surface area contributed by atoms with Crippen molar-refractivity contribution in [3.05, 3.63) is 30.1 Å². The van der Waals surface area contributed by atoms with E-state index in [9.17, 15) is 15.0 Å². The number of piperazine rings is 1. The summed E-state index contributed by atoms with van der Waals surface area (Å²) >= 11 is 0. The molecular weight excluding hydrogens is 450 g/mol. The number of carboxylic acids is 1. The molecule has 35 heavy (non-hydrogen) atoms. The molecule has 0 spiro atoms. The monoisotopic (exact) mass is 479 g/mol. The lowest BCUT2D eigenvalue weighted by molar-refractivity contribution is -0.139. The number of carbonyl (C=O) groups is 1. The summed E-state index contributed by atoms with van der Waals surface area (Å²) in [4.78, 5) is 29.6. The Morgan fingerprint density at radius 3 is 2.71 bits per heavy atom. The fourth-order valence-electron chi connectivity index (χ4n) is 4.53. The summed E-state index contributed by atoms with van der Waals surface area (Å²) in [6.07, 6.45) is 3.06. The SMILES string of the molecule is CC(O)c1cc2cnc(Nc3ccc(N4CCNCC4)nn3)nc2c(N2CCCCC2C(=O)O)n1. The van der Waals surface area contributed by atoms with Crippen molar-refractivity contribution in [3.8, 4) is 0 Å². The van der Waals surface area contributed by atoms with Gasteiger partial charge in [-0.2, -0.15) is 0 Å². The normalized spacial score (nSPS) is 19.5. The van der Waals surface area contributed by atoms with Crippen molar-refractivity contribution in [2.45, 2.75) is 38.3 Å². The van der Waals surface area contributed by atoms with Gasteiger partial charge in [0.15, 0.2) is 17.5 Å². The van der Waals surface area contributed by atoms with Gasteiger partial charge in [-0.25, -0.2) is 19.7 Å². The molecule has 0 aliphatic carbocycles. The van der Waals surface area contributed by atoms with Crippen molar-refractivity contribution in [2.75, 3.05) is 47.8 Å². The van der Waals surface area contributed by atoms with Gasteiger partial charge in [-0.05, 0) is 44.4 Å². The molecule has 0 saturated carbocycles. The summed E-state index contributed by atoms with van der Waals surface area (Å²) in [5.41, 5.74) is 0.964. The fourth-order valence-corrected chi connectivity index (χ4v) is 4.53. The number of carboxylic acid groups (broad SMARTS) is 1. The molecule has 2 aliphatic heterocycles. The van der Waals surface area contributed by atoms with E-state index in [0.29, 0.717) is 47.1 Å². The predicted octanol–water partition coefficient (Wildman–Crippen LogP) is 1.46. The number of hydrogen-bond acceptors (Lipinski definition) is 11. The highest BCUT2D eigenvalue weighted by Crippen LogP contribution is 2.32. The van der Waals surface area contributed by atoms with Crippen LogP contribution >= 0.6 is 0 Å². The number of nitrogens with one attached hydrogen (secondary N) is 2. The van der Waals surface area contributed by atoms with E-state index in [4.69, 9.17) is 0 Å². The van der Waals surface area contributed by atoms with Crippen molar-refractivity contribution >= 4 is 40.3 Å². The summed E-state index contributed by atoms with van der Waals surface area (Å²) in [5, 5.41) is 35.7. The molecule has 4 N–H and O–H groups in total. The molecule has 0 amide bonds. The van der Waals surface area contributed by atoms with Gasteiger partial charge in [0.05, 0.1) is 11.8 Å². The average molecular weight is 480 g/mol. The van der Waals surface area contributed by atoms with E-state index in [1.54, 1.807) is 24.1 Å². The maximum Gasteiger partial charge on any atom is 0.326 e. The molecule has 0 aromatic carbocycles. The number of anilines is 4. The zero-order valence-electron chi connectivity index (χ0n) is 19.6. The average Bonchev–Trinajstić information content (AvgIpc) is 2.89. The van der Waals surface area contributed by atoms with Crippen LogP contribution in [0.4, 0.5) is 23.4 Å². The molecule has 2 fully saturated rings. The molecule has 2 atom stereocenters. The van der Waals surface area contributed by atoms with Gasteiger partial charge >= 0.3 is 5.97 Å². The first-order valence-corrected chi connectivity index (χ1v) is 11.9. The smallest absolute Gasteiger partial charge is 0.326 e. The van der Waals surface area contributed by atoms with E-state index < -0.39 is 18.1 Å². The lowest BCUT2D eigenvalue weighted by Gasteiger charge is -2.34. The number of pyridine rings is 1. The third kappa shape index (κ3) is 4.93. The topological polar surface area (TPSA) is 153 Å². The fraction of sp³-hybridized carbons (Fsp3) is 0.478. The van der Waals surface area contributed by atoms with Crippen molar-refractivity contribution < 1.29 is 15.0 Å². The number of fused-ring (bicyclic) bond motifs is 1. The van der Waals surface area contributed by atoms with Crippen LogP contribution in [0.3, 0.4) is 0 Å². The van der Waals surface area contributed by atoms with Crippen molar-refractivity contribution in [2.24, 2.45) is 0 Å². The second kappa shape index (κ2) is 9.92. The first kappa shape index (κ1) is 23.1. The molecule has 2 saturated heterocycles. The van der Waals surface area contributed by atoms with Crippen molar-refractivity contribution in [1.29, 1.82) is 0 Å². The maximum absolute atomic E-state index is 12.0. The highest BCUT2D eigenvalue weighted by molar-refractivity contribution is 5.91. The molecule has 2 unspecified atom stereocenters. The van der Waals surface area contributed by atoms with Gasteiger partial charge in [0, 0.05) is 44.3 Å². The van der Waals surface area contributed by atoms with Crippen LogP contribution in [0.2, 0.25) is 0 Å². The van der Waals surface area contributed by atoms with Crippen molar-refractivity contribution in [1.82, 2.24) is 30.5 Å². The minimum Gasteiger partial charge on any atom is -0.480 e. The molecule has 5 rings (SSSR count). The van der Waals surface area contributed by atoms with Gasteiger partial charge in [0.2, 0.25) is 5.95 Å². The summed E-state index contributed by atoms with van der Waals surface area (Å²) in [6.45, 7) is 5.77. The van der Waals surface area contributed by atoms with E-state index in [2.05, 4.69) is 40.7 Å². The Morgan fingerprint density at radius 1 is 1.17 bits per heavy atom. The Hall–Kier alpha value is -3.64. The second-order valence-corrected chi connectivity index (χ2v) is 8.86. The van der Waals surface area contributed by atoms with Crippen LogP contribution in [-0.2, 0) is 4.79 Å². The standard InChI is InChI=1S/C23H29N9O3/c1-14(33)16-12-15-13-25-23(27-18-5-6-19(30-29-18)31-10-7-24-8-11-31)28-20(15)21(26-16)32-9-3-2-4-17(32)22(34)35/h5-6,12-14,17,24,33H,2-4,7-11H2,1H3,(H,34,35)(H,25,27,28,29). The van der Waals surface area contributed by atoms with E-state index >= 15 is 0 Å². The summed E-state index contributed by atoms with van der Waals surface area (Å²) in [6, 6.07) is 4.78. The van der Waals surface area contributed by atoms with Gasteiger partial charge < -0.3 is 30.6 Å². The summed E-state index contributed by atoms with van der Waals surface area (Å²) in [5.74, 6) is 1.17. The van der Waals surface area contributed by atoms with Crippen LogP contribution in [0.25, 0.3) is 10.9 Å². The lowest BCUT2D eigenvalue weighted by Crippen LogP contribution is -2.45. The Balaban J connectivity index is 1.47. The molecule has 184 valence electrons. The van der Waals surface area contributed by atoms with Gasteiger partial charge in [-0.1, -0.05) is 0 Å². The first-order valence-electron chi connectivity index (χ1n) is 11.9. The number of hydrogen-bond donors (Lipinski definition) is 4. The Labute approximate surface area is 202 Å². The molecule has 3 aromatic rings. The summed E-state index contributed by atoms with van der Waals surface area (Å²) in [7, 11) is 0. The number of rotatable bonds is 6. The largest absolute Gasteiger partial charge is 0.480 e. The third-order valence-corrected chi connectivity index (χ3v) is 6.39. The Kier molecular flexibility index (Phi) is 6.55. The molecule has 2 aliphatic rings. The maximum atomic E-state index is 12.0. The Bertz CT molecular complexity index is 1200. The molecule has 3 aromatic heterocycles. The molecule has 0 radical (unpaired) electrons. The van der Waals surface area contributed by atoms with Crippen LogP contribution in [-0.4, -0.2) is 80.1 Å². The van der Waals surface area contributed by atoms with Crippen LogP contribution in [0, 0.1) is 0 Å². The highest BCUT2D eigenvalue weighted by atomic mass is 16.4. The van der Waals surface area contributed by atoms with E-state index in [0.717, 1.165) is 44.8 Å². The number of nitrogens with zero attached hydrogens (tertiary/aromatic N) is 7. The van der Waals surface area contributed by atoms with E-state index in [1.807, 2.05) is 12.1 Å². The van der Waals surface area contributed by atoms with Crippen LogP contribution in [0.5, 0.6) is 0 Å². The zero-order valence-corrected chi connectivity index (χ0v) is 19.6. The first-order chi connectivity index (χ1) is 17.0. The lowest BCUT2D eigenvalue weighted by atomic mass is 10.0. The minimum atomic E-state index is -0.894. The summed E-state index contributed by atoms with van der Waals surface area (Å²) < 4.78 is 0. The van der Waals surface area contributed by atoms with Gasteiger partial charge in [-0.3, -0.25) is 0 Å². The minimum absolute atomic E-state index is 0.304.